The van der Waals surface area contributed by atoms with Gasteiger partial charge in [0, 0.05) is 38.9 Å². The summed E-state index contributed by atoms with van der Waals surface area (Å²) in [5.74, 6) is 1.08. The molecule has 1 amide bonds. The van der Waals surface area contributed by atoms with E-state index in [0.717, 1.165) is 32.0 Å². The first kappa shape index (κ1) is 14.5. The summed E-state index contributed by atoms with van der Waals surface area (Å²) in [6.45, 7) is 9.63. The molecule has 1 aliphatic rings. The molecule has 1 aliphatic heterocycles. The first-order valence-electron chi connectivity index (χ1n) is 7.01. The average Bonchev–Trinajstić information content (AvgIpc) is 2.53. The smallest absolute Gasteiger partial charge is 0.237 e. The average molecular weight is 274 g/mol. The summed E-state index contributed by atoms with van der Waals surface area (Å²) in [6, 6.07) is 5.85. The predicted octanol–water partition coefficient (Wildman–Crippen LogP) is 0.894. The fourth-order valence-electron chi connectivity index (χ4n) is 2.37. The summed E-state index contributed by atoms with van der Waals surface area (Å²) < 4.78 is 0. The van der Waals surface area contributed by atoms with Gasteiger partial charge in [-0.3, -0.25) is 9.69 Å². The second-order valence-corrected chi connectivity index (χ2v) is 4.92. The molecule has 5 heteroatoms. The Kier molecular flexibility index (Phi) is 5.12. The Labute approximate surface area is 120 Å². The van der Waals surface area contributed by atoms with E-state index in [0.29, 0.717) is 6.54 Å². The van der Waals surface area contributed by atoms with Crippen LogP contribution in [0.25, 0.3) is 0 Å². The van der Waals surface area contributed by atoms with E-state index in [4.69, 9.17) is 0 Å². The highest BCUT2D eigenvalue weighted by Crippen LogP contribution is 2.13. The maximum absolute atomic E-state index is 11.9. The van der Waals surface area contributed by atoms with Crippen molar-refractivity contribution < 1.29 is 4.79 Å². The molecule has 108 valence electrons. The Morgan fingerprint density at radius 1 is 1.45 bits per heavy atom. The fraction of sp³-hybridized carbons (Fsp3) is 0.467. The Hall–Kier alpha value is -1.88. The molecule has 1 aromatic heterocycles. The van der Waals surface area contributed by atoms with Gasteiger partial charge in [0.25, 0.3) is 0 Å². The van der Waals surface area contributed by atoms with E-state index in [-0.39, 0.29) is 11.9 Å². The lowest BCUT2D eigenvalue weighted by Crippen LogP contribution is -2.54. The normalized spacial score (nSPS) is 17.6. The molecule has 5 nitrogen and oxygen atoms in total. The maximum Gasteiger partial charge on any atom is 0.237 e. The summed E-state index contributed by atoms with van der Waals surface area (Å²) in [4.78, 5) is 20.8. The highest BCUT2D eigenvalue weighted by molar-refractivity contribution is 5.81. The van der Waals surface area contributed by atoms with Crippen molar-refractivity contribution in [2.75, 3.05) is 37.6 Å². The number of amides is 1. The number of pyridine rings is 1. The van der Waals surface area contributed by atoms with Crippen molar-refractivity contribution in [1.29, 1.82) is 0 Å². The lowest BCUT2D eigenvalue weighted by Gasteiger charge is -2.37. The summed E-state index contributed by atoms with van der Waals surface area (Å²) in [5, 5.41) is 2.85. The Balaban J connectivity index is 1.84. The number of aromatic nitrogens is 1. The van der Waals surface area contributed by atoms with Crippen molar-refractivity contribution in [3.8, 4) is 0 Å². The van der Waals surface area contributed by atoms with Gasteiger partial charge in [-0.15, -0.1) is 6.58 Å². The summed E-state index contributed by atoms with van der Waals surface area (Å²) in [5.41, 5.74) is 0. The summed E-state index contributed by atoms with van der Waals surface area (Å²) in [7, 11) is 0. The van der Waals surface area contributed by atoms with E-state index < -0.39 is 0 Å². The number of nitrogens with one attached hydrogen (secondary N) is 1. The number of carbonyl (C=O) groups excluding carboxylic acids is 1. The van der Waals surface area contributed by atoms with Gasteiger partial charge in [-0.1, -0.05) is 12.1 Å². The zero-order valence-corrected chi connectivity index (χ0v) is 12.0. The van der Waals surface area contributed by atoms with Crippen LogP contribution < -0.4 is 10.2 Å². The molecule has 1 saturated heterocycles. The summed E-state index contributed by atoms with van der Waals surface area (Å²) in [6.07, 6.45) is 3.51. The molecule has 20 heavy (non-hydrogen) atoms. The number of anilines is 1. The van der Waals surface area contributed by atoms with E-state index in [2.05, 4.69) is 26.7 Å². The molecule has 2 heterocycles. The van der Waals surface area contributed by atoms with Crippen LogP contribution in [0.1, 0.15) is 6.92 Å². The topological polar surface area (TPSA) is 48.5 Å². The van der Waals surface area contributed by atoms with Crippen molar-refractivity contribution >= 4 is 11.7 Å². The molecular formula is C15H22N4O. The van der Waals surface area contributed by atoms with Crippen LogP contribution in [0, 0.1) is 0 Å². The molecule has 0 aromatic carbocycles. The van der Waals surface area contributed by atoms with Crippen LogP contribution in [0.2, 0.25) is 0 Å². The molecule has 2 rings (SSSR count). The highest BCUT2D eigenvalue weighted by atomic mass is 16.2. The third-order valence-electron chi connectivity index (χ3n) is 3.64. The molecule has 0 spiro atoms. The monoisotopic (exact) mass is 274 g/mol. The van der Waals surface area contributed by atoms with Gasteiger partial charge in [0.1, 0.15) is 5.82 Å². The zero-order valence-electron chi connectivity index (χ0n) is 12.0. The van der Waals surface area contributed by atoms with Gasteiger partial charge >= 0.3 is 0 Å². The van der Waals surface area contributed by atoms with E-state index in [1.807, 2.05) is 31.3 Å². The van der Waals surface area contributed by atoms with Crippen LogP contribution in [-0.2, 0) is 4.79 Å². The largest absolute Gasteiger partial charge is 0.354 e. The SMILES string of the molecule is C=CCNC(=O)C(C)N1CCN(c2ccccn2)CC1. The predicted molar refractivity (Wildman–Crippen MR) is 80.7 cm³/mol. The number of hydrogen-bond donors (Lipinski definition) is 1. The Bertz CT molecular complexity index is 440. The second-order valence-electron chi connectivity index (χ2n) is 4.92. The number of carbonyl (C=O) groups is 1. The first-order chi connectivity index (χ1) is 9.72. The first-order valence-corrected chi connectivity index (χ1v) is 7.01. The number of nitrogens with zero attached hydrogens (tertiary/aromatic N) is 3. The van der Waals surface area contributed by atoms with Crippen LogP contribution in [0.4, 0.5) is 5.82 Å². The molecule has 1 atom stereocenters. The highest BCUT2D eigenvalue weighted by Gasteiger charge is 2.25. The van der Waals surface area contributed by atoms with E-state index in [1.165, 1.54) is 0 Å². The van der Waals surface area contributed by atoms with Gasteiger partial charge < -0.3 is 10.2 Å². The number of hydrogen-bond acceptors (Lipinski definition) is 4. The molecule has 1 aromatic rings. The standard InChI is InChI=1S/C15H22N4O/c1-3-7-17-15(20)13(2)18-9-11-19(12-10-18)14-6-4-5-8-16-14/h3-6,8,13H,1,7,9-12H2,2H3,(H,17,20). The third kappa shape index (κ3) is 3.57. The van der Waals surface area contributed by atoms with E-state index in [1.54, 1.807) is 6.08 Å². The molecule has 0 aliphatic carbocycles. The Morgan fingerprint density at radius 3 is 2.80 bits per heavy atom. The van der Waals surface area contributed by atoms with Gasteiger partial charge in [-0.2, -0.15) is 0 Å². The zero-order chi connectivity index (χ0) is 14.4. The van der Waals surface area contributed by atoms with Crippen molar-refractivity contribution in [2.24, 2.45) is 0 Å². The van der Waals surface area contributed by atoms with E-state index in [9.17, 15) is 4.79 Å². The van der Waals surface area contributed by atoms with Crippen LogP contribution >= 0.6 is 0 Å². The molecule has 0 bridgehead atoms. The molecule has 0 radical (unpaired) electrons. The van der Waals surface area contributed by atoms with Crippen LogP contribution in [-0.4, -0.2) is 54.6 Å². The van der Waals surface area contributed by atoms with Gasteiger partial charge in [0.15, 0.2) is 0 Å². The number of rotatable bonds is 5. The van der Waals surface area contributed by atoms with Crippen molar-refractivity contribution in [3.63, 3.8) is 0 Å². The van der Waals surface area contributed by atoms with Crippen LogP contribution in [0.5, 0.6) is 0 Å². The van der Waals surface area contributed by atoms with E-state index >= 15 is 0 Å². The van der Waals surface area contributed by atoms with Crippen molar-refractivity contribution in [2.45, 2.75) is 13.0 Å². The minimum Gasteiger partial charge on any atom is -0.354 e. The Morgan fingerprint density at radius 2 is 2.20 bits per heavy atom. The van der Waals surface area contributed by atoms with Crippen molar-refractivity contribution in [3.05, 3.63) is 37.1 Å². The molecule has 1 fully saturated rings. The van der Waals surface area contributed by atoms with Gasteiger partial charge in [-0.25, -0.2) is 4.98 Å². The van der Waals surface area contributed by atoms with Crippen molar-refractivity contribution in [1.82, 2.24) is 15.2 Å². The molecule has 0 saturated carbocycles. The van der Waals surface area contributed by atoms with Crippen LogP contribution in [0.15, 0.2) is 37.1 Å². The van der Waals surface area contributed by atoms with Gasteiger partial charge in [0.05, 0.1) is 6.04 Å². The van der Waals surface area contributed by atoms with Crippen LogP contribution in [0.3, 0.4) is 0 Å². The third-order valence-corrected chi connectivity index (χ3v) is 3.64. The molecule has 1 unspecified atom stereocenters. The minimum atomic E-state index is -0.0965. The molecular weight excluding hydrogens is 252 g/mol. The lowest BCUT2D eigenvalue weighted by atomic mass is 10.2. The van der Waals surface area contributed by atoms with Gasteiger partial charge in [0.2, 0.25) is 5.91 Å². The lowest BCUT2D eigenvalue weighted by molar-refractivity contribution is -0.125. The van der Waals surface area contributed by atoms with Gasteiger partial charge in [-0.05, 0) is 19.1 Å². The quantitative estimate of drug-likeness (QED) is 0.810. The maximum atomic E-state index is 11.9. The fourth-order valence-corrected chi connectivity index (χ4v) is 2.37. The second kappa shape index (κ2) is 7.05. The summed E-state index contributed by atoms with van der Waals surface area (Å²) >= 11 is 0. The number of piperazine rings is 1. The minimum absolute atomic E-state index is 0.0659. The molecule has 1 N–H and O–H groups in total.